The molecule has 0 aromatic heterocycles. The zero-order chi connectivity index (χ0) is 7.98. The van der Waals surface area contributed by atoms with Crippen molar-refractivity contribution in [2.75, 3.05) is 19.4 Å². The molecule has 0 aromatic rings. The van der Waals surface area contributed by atoms with Gasteiger partial charge in [-0.3, -0.25) is 4.79 Å². The Kier molecular flexibility index (Phi) is 5.67. The third-order valence-electron chi connectivity index (χ3n) is 1.12. The van der Waals surface area contributed by atoms with Crippen molar-refractivity contribution in [2.24, 2.45) is 0 Å². The van der Waals surface area contributed by atoms with E-state index in [-0.39, 0.29) is 17.8 Å². The number of likely N-dealkylation sites (N-methyl/N-ethyl adjacent to an activating group) is 1. The second-order valence-electron chi connectivity index (χ2n) is 1.82. The van der Waals surface area contributed by atoms with Gasteiger partial charge in [0.25, 0.3) is 0 Å². The highest BCUT2D eigenvalue weighted by Crippen LogP contribution is 1.99. The summed E-state index contributed by atoms with van der Waals surface area (Å²) in [5.41, 5.74) is 0. The highest BCUT2D eigenvalue weighted by molar-refractivity contribution is 8.13. The lowest BCUT2D eigenvalue weighted by Gasteiger charge is -2.10. The minimum Gasteiger partial charge on any atom is -0.394 e. The van der Waals surface area contributed by atoms with Crippen LogP contribution in [0.25, 0.3) is 0 Å². The lowest BCUT2D eigenvalue weighted by molar-refractivity contribution is -0.113. The quantitative estimate of drug-likeness (QED) is 0.605. The summed E-state index contributed by atoms with van der Waals surface area (Å²) in [6, 6.07) is -0.389. The van der Waals surface area contributed by atoms with Crippen LogP contribution in [0.3, 0.4) is 0 Å². The van der Waals surface area contributed by atoms with Gasteiger partial charge < -0.3 is 10.4 Å². The van der Waals surface area contributed by atoms with E-state index < -0.39 is 0 Å². The first-order valence-corrected chi connectivity index (χ1v) is 4.40. The fraction of sp³-hybridized carbons (Fsp3) is 0.833. The Bertz CT molecular complexity index is 108. The van der Waals surface area contributed by atoms with Gasteiger partial charge >= 0.3 is 0 Å². The second kappa shape index (κ2) is 5.70. The number of aliphatic hydroxyl groups is 1. The minimum absolute atomic E-state index is 0.00986. The molecule has 0 spiro atoms. The fourth-order valence-corrected chi connectivity index (χ4v) is 1.05. The molecule has 0 saturated carbocycles. The first kappa shape index (κ1) is 9.94. The highest BCUT2D eigenvalue weighted by atomic mass is 32.2. The Morgan fingerprint density at radius 3 is 2.70 bits per heavy atom. The molecule has 10 heavy (non-hydrogen) atoms. The van der Waals surface area contributed by atoms with Gasteiger partial charge in [-0.05, 0) is 12.8 Å². The topological polar surface area (TPSA) is 49.3 Å². The van der Waals surface area contributed by atoms with Crippen molar-refractivity contribution in [3.63, 3.8) is 0 Å². The standard InChI is InChI=1S/C6H13NO2S/c1-3-7-5(4-8)6(9)10-2/h5,7-8H,3-4H2,1-2H3. The molecule has 0 amide bonds. The van der Waals surface area contributed by atoms with Gasteiger partial charge in [0.05, 0.1) is 6.61 Å². The van der Waals surface area contributed by atoms with E-state index in [9.17, 15) is 4.79 Å². The van der Waals surface area contributed by atoms with Gasteiger partial charge in [0, 0.05) is 0 Å². The number of thioether (sulfide) groups is 1. The number of carbonyl (C=O) groups excluding carboxylic acids is 1. The summed E-state index contributed by atoms with van der Waals surface area (Å²) < 4.78 is 0. The van der Waals surface area contributed by atoms with Crippen molar-refractivity contribution < 1.29 is 9.90 Å². The van der Waals surface area contributed by atoms with E-state index in [1.54, 1.807) is 6.26 Å². The van der Waals surface area contributed by atoms with Gasteiger partial charge in [0.1, 0.15) is 6.04 Å². The van der Waals surface area contributed by atoms with E-state index in [1.807, 2.05) is 6.92 Å². The van der Waals surface area contributed by atoms with Gasteiger partial charge in [-0.15, -0.1) is 0 Å². The summed E-state index contributed by atoms with van der Waals surface area (Å²) in [4.78, 5) is 10.9. The van der Waals surface area contributed by atoms with Gasteiger partial charge in [0.2, 0.25) is 5.12 Å². The first-order valence-electron chi connectivity index (χ1n) is 3.18. The molecule has 0 rings (SSSR count). The summed E-state index contributed by atoms with van der Waals surface area (Å²) >= 11 is 1.14. The molecule has 0 fully saturated rings. The van der Waals surface area contributed by atoms with Crippen molar-refractivity contribution in [1.82, 2.24) is 5.32 Å². The lowest BCUT2D eigenvalue weighted by atomic mass is 10.3. The largest absolute Gasteiger partial charge is 0.394 e. The molecule has 0 bridgehead atoms. The van der Waals surface area contributed by atoms with Crippen LogP contribution in [0, 0.1) is 0 Å². The van der Waals surface area contributed by atoms with Crippen molar-refractivity contribution in [2.45, 2.75) is 13.0 Å². The molecule has 0 aromatic carbocycles. The zero-order valence-corrected chi connectivity index (χ0v) is 7.07. The van der Waals surface area contributed by atoms with Crippen LogP contribution in [0.5, 0.6) is 0 Å². The average molecular weight is 163 g/mol. The molecular formula is C6H13NO2S. The maximum absolute atomic E-state index is 10.9. The van der Waals surface area contributed by atoms with E-state index in [2.05, 4.69) is 5.32 Å². The van der Waals surface area contributed by atoms with E-state index >= 15 is 0 Å². The highest BCUT2D eigenvalue weighted by Gasteiger charge is 2.13. The third-order valence-corrected chi connectivity index (χ3v) is 1.81. The van der Waals surface area contributed by atoms with Gasteiger partial charge in [-0.25, -0.2) is 0 Å². The van der Waals surface area contributed by atoms with E-state index in [0.29, 0.717) is 6.54 Å². The summed E-state index contributed by atoms with van der Waals surface area (Å²) in [6.45, 7) is 2.49. The molecule has 0 saturated heterocycles. The molecule has 0 heterocycles. The summed E-state index contributed by atoms with van der Waals surface area (Å²) in [5.74, 6) is 0. The normalized spacial score (nSPS) is 13.1. The molecule has 2 N–H and O–H groups in total. The molecular weight excluding hydrogens is 150 g/mol. The van der Waals surface area contributed by atoms with Crippen LogP contribution in [0.2, 0.25) is 0 Å². The molecule has 60 valence electrons. The fourth-order valence-electron chi connectivity index (χ4n) is 0.611. The van der Waals surface area contributed by atoms with Crippen molar-refractivity contribution in [3.8, 4) is 0 Å². The zero-order valence-electron chi connectivity index (χ0n) is 6.26. The van der Waals surface area contributed by atoms with E-state index in [4.69, 9.17) is 5.11 Å². The number of hydrogen-bond donors (Lipinski definition) is 2. The molecule has 4 heteroatoms. The number of aliphatic hydroxyl groups excluding tert-OH is 1. The van der Waals surface area contributed by atoms with E-state index in [1.165, 1.54) is 0 Å². The molecule has 0 aliphatic rings. The van der Waals surface area contributed by atoms with Crippen molar-refractivity contribution in [3.05, 3.63) is 0 Å². The maximum atomic E-state index is 10.9. The predicted molar refractivity (Wildman–Crippen MR) is 43.1 cm³/mol. The lowest BCUT2D eigenvalue weighted by Crippen LogP contribution is -2.38. The SMILES string of the molecule is CCNC(CO)C(=O)SC. The van der Waals surface area contributed by atoms with Crippen LogP contribution < -0.4 is 5.32 Å². The maximum Gasteiger partial charge on any atom is 0.207 e. The second-order valence-corrected chi connectivity index (χ2v) is 2.63. The smallest absolute Gasteiger partial charge is 0.207 e. The molecule has 0 aliphatic carbocycles. The van der Waals surface area contributed by atoms with Gasteiger partial charge in [0.15, 0.2) is 0 Å². The minimum atomic E-state index is -0.389. The molecule has 1 unspecified atom stereocenters. The van der Waals surface area contributed by atoms with Crippen LogP contribution in [-0.2, 0) is 4.79 Å². The van der Waals surface area contributed by atoms with E-state index in [0.717, 1.165) is 11.8 Å². The summed E-state index contributed by atoms with van der Waals surface area (Å²) in [5, 5.41) is 11.5. The number of rotatable bonds is 4. The molecule has 0 radical (unpaired) electrons. The van der Waals surface area contributed by atoms with Crippen LogP contribution in [0.15, 0.2) is 0 Å². The van der Waals surface area contributed by atoms with Crippen LogP contribution in [0.1, 0.15) is 6.92 Å². The van der Waals surface area contributed by atoms with Crippen LogP contribution in [-0.4, -0.2) is 35.7 Å². The Morgan fingerprint density at radius 1 is 1.80 bits per heavy atom. The van der Waals surface area contributed by atoms with Crippen molar-refractivity contribution >= 4 is 16.9 Å². The molecule has 0 aliphatic heterocycles. The summed E-state index contributed by atoms with van der Waals surface area (Å²) in [6.07, 6.45) is 1.71. The number of nitrogens with one attached hydrogen (secondary N) is 1. The Hall–Kier alpha value is -0.0600. The molecule has 3 nitrogen and oxygen atoms in total. The Morgan fingerprint density at radius 2 is 2.40 bits per heavy atom. The summed E-state index contributed by atoms with van der Waals surface area (Å²) in [7, 11) is 0. The first-order chi connectivity index (χ1) is 4.76. The monoisotopic (exact) mass is 163 g/mol. The average Bonchev–Trinajstić information content (AvgIpc) is 1.99. The van der Waals surface area contributed by atoms with Gasteiger partial charge in [-0.1, -0.05) is 18.7 Å². The van der Waals surface area contributed by atoms with Crippen LogP contribution in [0.4, 0.5) is 0 Å². The third kappa shape index (κ3) is 3.20. The number of hydrogen-bond acceptors (Lipinski definition) is 4. The Labute approximate surface area is 65.2 Å². The number of carbonyl (C=O) groups is 1. The predicted octanol–water partition coefficient (Wildman–Crippen LogP) is -0.154. The van der Waals surface area contributed by atoms with Crippen LogP contribution >= 0.6 is 11.8 Å². The van der Waals surface area contributed by atoms with Gasteiger partial charge in [-0.2, -0.15) is 0 Å². The molecule has 1 atom stereocenters. The van der Waals surface area contributed by atoms with Crippen molar-refractivity contribution in [1.29, 1.82) is 0 Å². The Balaban J connectivity index is 3.68.